The number of hydrogen-bond acceptors (Lipinski definition) is 4. The Balaban J connectivity index is 2.41. The first-order valence-electron chi connectivity index (χ1n) is 8.72. The van der Waals surface area contributed by atoms with Crippen molar-refractivity contribution in [2.24, 2.45) is 0 Å². The predicted molar refractivity (Wildman–Crippen MR) is 102 cm³/mol. The van der Waals surface area contributed by atoms with Crippen molar-refractivity contribution in [3.8, 4) is 0 Å². The Labute approximate surface area is 166 Å². The van der Waals surface area contributed by atoms with Crippen molar-refractivity contribution in [1.29, 1.82) is 0 Å². The quantitative estimate of drug-likeness (QED) is 0.588. The molecule has 0 saturated carbocycles. The molecule has 0 radical (unpaired) electrons. The maximum Gasteiger partial charge on any atom is 0.273 e. The lowest BCUT2D eigenvalue weighted by Gasteiger charge is -2.20. The van der Waals surface area contributed by atoms with E-state index in [2.05, 4.69) is 10.6 Å². The van der Waals surface area contributed by atoms with Crippen molar-refractivity contribution < 1.29 is 23.3 Å². The molecule has 2 aromatic carbocycles. The van der Waals surface area contributed by atoms with Crippen LogP contribution in [-0.2, 0) is 10.2 Å². The smallest absolute Gasteiger partial charge is 0.273 e. The van der Waals surface area contributed by atoms with Gasteiger partial charge in [0.25, 0.3) is 11.6 Å². The van der Waals surface area contributed by atoms with E-state index in [0.29, 0.717) is 5.56 Å². The number of likely N-dealkylation sites (N-methyl/N-ethyl adjacent to an activating group) is 1. The summed E-state index contributed by atoms with van der Waals surface area (Å²) in [5.74, 6) is -3.70. The zero-order valence-corrected chi connectivity index (χ0v) is 16.4. The molecule has 0 bridgehead atoms. The maximum atomic E-state index is 13.6. The van der Waals surface area contributed by atoms with Gasteiger partial charge in [-0.05, 0) is 29.2 Å². The maximum absolute atomic E-state index is 13.6. The van der Waals surface area contributed by atoms with Gasteiger partial charge in [-0.15, -0.1) is 0 Å². The van der Waals surface area contributed by atoms with Crippen molar-refractivity contribution in [2.75, 3.05) is 7.05 Å². The molecule has 2 rings (SSSR count). The Hall–Kier alpha value is -3.36. The molecule has 2 N–H and O–H groups in total. The Morgan fingerprint density at radius 2 is 1.72 bits per heavy atom. The summed E-state index contributed by atoms with van der Waals surface area (Å²) in [6.07, 6.45) is 0. The third-order valence-electron chi connectivity index (χ3n) is 4.33. The molecule has 2 amide bonds. The molecule has 1 atom stereocenters. The zero-order valence-electron chi connectivity index (χ0n) is 16.4. The van der Waals surface area contributed by atoms with Crippen molar-refractivity contribution in [2.45, 2.75) is 32.2 Å². The molecule has 0 aromatic heterocycles. The molecule has 0 aliphatic rings. The number of rotatable bonds is 5. The number of nitrogens with zero attached hydrogens (tertiary/aromatic N) is 1. The number of nitrogens with one attached hydrogen (secondary N) is 2. The first-order valence-corrected chi connectivity index (χ1v) is 8.72. The van der Waals surface area contributed by atoms with E-state index in [1.807, 2.05) is 0 Å². The molecule has 0 saturated heterocycles. The number of hydrogen-bond donors (Lipinski definition) is 2. The second-order valence-electron chi connectivity index (χ2n) is 7.43. The average molecular weight is 405 g/mol. The van der Waals surface area contributed by atoms with Crippen LogP contribution in [0.4, 0.5) is 14.5 Å². The first-order chi connectivity index (χ1) is 13.5. The molecular weight excluding hydrogens is 384 g/mol. The van der Waals surface area contributed by atoms with E-state index in [4.69, 9.17) is 0 Å². The molecule has 2 aromatic rings. The monoisotopic (exact) mass is 405 g/mol. The topological polar surface area (TPSA) is 101 Å². The van der Waals surface area contributed by atoms with Crippen molar-refractivity contribution >= 4 is 17.5 Å². The minimum atomic E-state index is -1.32. The minimum absolute atomic E-state index is 0.0254. The molecule has 1 unspecified atom stereocenters. The molecule has 0 aliphatic heterocycles. The SMILES string of the molecule is CNC(=O)C(NC(=O)c1ccc(C(C)(C)C)c([N+](=O)[O-])c1)c1ccc(F)c(F)c1. The summed E-state index contributed by atoms with van der Waals surface area (Å²) < 4.78 is 26.8. The molecule has 7 nitrogen and oxygen atoms in total. The van der Waals surface area contributed by atoms with Crippen LogP contribution in [-0.4, -0.2) is 23.8 Å². The lowest BCUT2D eigenvalue weighted by atomic mass is 9.85. The number of halogens is 2. The molecular formula is C20H21F2N3O4. The molecule has 0 fully saturated rings. The summed E-state index contributed by atoms with van der Waals surface area (Å²) in [4.78, 5) is 35.7. The summed E-state index contributed by atoms with van der Waals surface area (Å²) in [5.41, 5.74) is -0.316. The second-order valence-corrected chi connectivity index (χ2v) is 7.43. The van der Waals surface area contributed by atoms with Crippen molar-refractivity contribution in [3.63, 3.8) is 0 Å². The Kier molecular flexibility index (Phi) is 6.31. The third-order valence-corrected chi connectivity index (χ3v) is 4.33. The molecule has 29 heavy (non-hydrogen) atoms. The molecule has 154 valence electrons. The van der Waals surface area contributed by atoms with Crippen molar-refractivity contribution in [1.82, 2.24) is 10.6 Å². The number of amides is 2. The van der Waals surface area contributed by atoms with E-state index in [1.165, 1.54) is 25.2 Å². The van der Waals surface area contributed by atoms with E-state index in [9.17, 15) is 28.5 Å². The largest absolute Gasteiger partial charge is 0.357 e. The van der Waals surface area contributed by atoms with Crippen LogP contribution in [0.15, 0.2) is 36.4 Å². The van der Waals surface area contributed by atoms with Gasteiger partial charge < -0.3 is 10.6 Å². The molecule has 0 spiro atoms. The Morgan fingerprint density at radius 1 is 1.07 bits per heavy atom. The highest BCUT2D eigenvalue weighted by Crippen LogP contribution is 2.32. The van der Waals surface area contributed by atoms with Crippen LogP contribution >= 0.6 is 0 Å². The minimum Gasteiger partial charge on any atom is -0.357 e. The fraction of sp³-hybridized carbons (Fsp3) is 0.300. The van der Waals surface area contributed by atoms with Gasteiger partial charge in [-0.2, -0.15) is 0 Å². The van der Waals surface area contributed by atoms with E-state index in [-0.39, 0.29) is 16.8 Å². The normalized spacial score (nSPS) is 12.2. The Morgan fingerprint density at radius 3 is 2.24 bits per heavy atom. The van der Waals surface area contributed by atoms with Crippen molar-refractivity contribution in [3.05, 3.63) is 74.8 Å². The summed E-state index contributed by atoms with van der Waals surface area (Å²) in [6.45, 7) is 5.42. The van der Waals surface area contributed by atoms with Gasteiger partial charge in [-0.3, -0.25) is 19.7 Å². The molecule has 9 heteroatoms. The van der Waals surface area contributed by atoms with E-state index in [0.717, 1.165) is 18.2 Å². The van der Waals surface area contributed by atoms with Crippen LogP contribution in [0, 0.1) is 21.7 Å². The van der Waals surface area contributed by atoms with Gasteiger partial charge in [-0.1, -0.05) is 32.9 Å². The average Bonchev–Trinajstić information content (AvgIpc) is 2.66. The first kappa shape index (κ1) is 21.9. The predicted octanol–water partition coefficient (Wildman–Crippen LogP) is 3.39. The molecule has 0 heterocycles. The van der Waals surface area contributed by atoms with E-state index >= 15 is 0 Å². The summed E-state index contributed by atoms with van der Waals surface area (Å²) in [5, 5.41) is 16.2. The number of nitro benzene ring substituents is 1. The Bertz CT molecular complexity index is 971. The van der Waals surface area contributed by atoms with Gasteiger partial charge in [0.15, 0.2) is 11.6 Å². The van der Waals surface area contributed by atoms with Crippen LogP contribution in [0.5, 0.6) is 0 Å². The van der Waals surface area contributed by atoms with Gasteiger partial charge in [0.2, 0.25) is 5.91 Å². The molecule has 0 aliphatic carbocycles. The van der Waals surface area contributed by atoms with E-state index in [1.54, 1.807) is 20.8 Å². The summed E-state index contributed by atoms with van der Waals surface area (Å²) in [6, 6.07) is 5.53. The van der Waals surface area contributed by atoms with Crippen LogP contribution in [0.2, 0.25) is 0 Å². The van der Waals surface area contributed by atoms with Gasteiger partial charge >= 0.3 is 0 Å². The van der Waals surface area contributed by atoms with Crippen LogP contribution in [0.1, 0.15) is 48.3 Å². The number of carbonyl (C=O) groups excluding carboxylic acids is 2. The fourth-order valence-corrected chi connectivity index (χ4v) is 2.81. The fourth-order valence-electron chi connectivity index (χ4n) is 2.81. The summed E-state index contributed by atoms with van der Waals surface area (Å²) in [7, 11) is 1.32. The second kappa shape index (κ2) is 8.34. The van der Waals surface area contributed by atoms with Gasteiger partial charge in [0, 0.05) is 24.2 Å². The highest BCUT2D eigenvalue weighted by atomic mass is 19.2. The van der Waals surface area contributed by atoms with Crippen LogP contribution < -0.4 is 10.6 Å². The highest BCUT2D eigenvalue weighted by molar-refractivity contribution is 5.98. The third kappa shape index (κ3) is 4.92. The van der Waals surface area contributed by atoms with Gasteiger partial charge in [0.05, 0.1) is 4.92 Å². The van der Waals surface area contributed by atoms with Gasteiger partial charge in [-0.25, -0.2) is 8.78 Å². The van der Waals surface area contributed by atoms with Crippen LogP contribution in [0.3, 0.4) is 0 Å². The summed E-state index contributed by atoms with van der Waals surface area (Å²) >= 11 is 0. The lowest BCUT2D eigenvalue weighted by molar-refractivity contribution is -0.386. The van der Waals surface area contributed by atoms with Crippen LogP contribution in [0.25, 0.3) is 0 Å². The van der Waals surface area contributed by atoms with Gasteiger partial charge in [0.1, 0.15) is 6.04 Å². The lowest BCUT2D eigenvalue weighted by Crippen LogP contribution is -2.39. The zero-order chi connectivity index (χ0) is 21.9. The standard InChI is InChI=1S/C20H21F2N3O4/c1-20(2,3)13-7-5-12(10-16(13)25(28)29)18(26)24-17(19(27)23-4)11-6-8-14(21)15(22)9-11/h5-10,17H,1-4H3,(H,23,27)(H,24,26). The number of carbonyl (C=O) groups is 2. The number of benzene rings is 2. The number of nitro groups is 1. The van der Waals surface area contributed by atoms with E-state index < -0.39 is 39.8 Å². The highest BCUT2D eigenvalue weighted by Gasteiger charge is 2.28.